The first-order valence-electron chi connectivity index (χ1n) is 7.40. The van der Waals surface area contributed by atoms with Crippen LogP contribution in [0.15, 0.2) is 0 Å². The Balaban J connectivity index is 1.95. The third kappa shape index (κ3) is 7.67. The molecule has 1 aliphatic carbocycles. The summed E-state index contributed by atoms with van der Waals surface area (Å²) in [6, 6.07) is 0.653. The van der Waals surface area contributed by atoms with Crippen molar-refractivity contribution in [2.24, 2.45) is 0 Å². The third-order valence-electron chi connectivity index (χ3n) is 3.32. The Kier molecular flexibility index (Phi) is 8.86. The van der Waals surface area contributed by atoms with Crippen molar-refractivity contribution >= 4 is 5.91 Å². The molecule has 1 amide bonds. The highest BCUT2D eigenvalue weighted by Crippen LogP contribution is 2.16. The normalized spacial score (nSPS) is 17.4. The molecule has 0 bridgehead atoms. The molecule has 0 unspecified atom stereocenters. The second-order valence-corrected chi connectivity index (χ2v) is 5.05. The molecule has 4 heteroatoms. The number of carbonyl (C=O) groups is 1. The van der Waals surface area contributed by atoms with Gasteiger partial charge in [0, 0.05) is 25.7 Å². The van der Waals surface area contributed by atoms with Gasteiger partial charge >= 0.3 is 0 Å². The summed E-state index contributed by atoms with van der Waals surface area (Å²) >= 11 is 0. The monoisotopic (exact) mass is 256 g/mol. The number of carbonyl (C=O) groups excluding carboxylic acids is 1. The van der Waals surface area contributed by atoms with Crippen molar-refractivity contribution in [3.05, 3.63) is 0 Å². The fraction of sp³-hybridized carbons (Fsp3) is 0.929. The molecule has 0 saturated heterocycles. The van der Waals surface area contributed by atoms with Crippen molar-refractivity contribution in [1.29, 1.82) is 0 Å². The van der Waals surface area contributed by atoms with Crippen molar-refractivity contribution in [2.75, 3.05) is 26.3 Å². The van der Waals surface area contributed by atoms with Crippen LogP contribution in [0.5, 0.6) is 0 Å². The van der Waals surface area contributed by atoms with Gasteiger partial charge in [0.25, 0.3) is 0 Å². The van der Waals surface area contributed by atoms with Gasteiger partial charge < -0.3 is 15.4 Å². The molecule has 0 heterocycles. The maximum Gasteiger partial charge on any atom is 0.246 e. The van der Waals surface area contributed by atoms with Crippen LogP contribution in [0.2, 0.25) is 0 Å². The standard InChI is InChI=1S/C14H28N2O2/c1-2-11-18-12-14(17)16-10-9-15-13-7-5-3-4-6-8-13/h13,15H,2-12H2,1H3,(H,16,17). The van der Waals surface area contributed by atoms with E-state index in [4.69, 9.17) is 4.74 Å². The van der Waals surface area contributed by atoms with Crippen LogP contribution in [0.4, 0.5) is 0 Å². The lowest BCUT2D eigenvalue weighted by Gasteiger charge is -2.16. The summed E-state index contributed by atoms with van der Waals surface area (Å²) in [5.74, 6) is -0.00823. The van der Waals surface area contributed by atoms with Crippen molar-refractivity contribution in [3.8, 4) is 0 Å². The highest BCUT2D eigenvalue weighted by atomic mass is 16.5. The zero-order chi connectivity index (χ0) is 13.1. The molecule has 0 radical (unpaired) electrons. The van der Waals surface area contributed by atoms with E-state index in [-0.39, 0.29) is 12.5 Å². The summed E-state index contributed by atoms with van der Waals surface area (Å²) in [7, 11) is 0. The number of nitrogens with one attached hydrogen (secondary N) is 2. The van der Waals surface area contributed by atoms with Crippen LogP contribution in [0, 0.1) is 0 Å². The Morgan fingerprint density at radius 2 is 1.89 bits per heavy atom. The molecule has 0 spiro atoms. The molecule has 2 N–H and O–H groups in total. The van der Waals surface area contributed by atoms with E-state index < -0.39 is 0 Å². The quantitative estimate of drug-likeness (QED) is 0.515. The van der Waals surface area contributed by atoms with Crippen LogP contribution in [-0.4, -0.2) is 38.3 Å². The van der Waals surface area contributed by atoms with Gasteiger partial charge in [-0.25, -0.2) is 0 Å². The molecular weight excluding hydrogens is 228 g/mol. The van der Waals surface area contributed by atoms with E-state index in [1.165, 1.54) is 38.5 Å². The van der Waals surface area contributed by atoms with Crippen LogP contribution in [0.1, 0.15) is 51.9 Å². The molecular formula is C14H28N2O2. The van der Waals surface area contributed by atoms with Crippen molar-refractivity contribution < 1.29 is 9.53 Å². The van der Waals surface area contributed by atoms with Crippen LogP contribution < -0.4 is 10.6 Å². The fourth-order valence-electron chi connectivity index (χ4n) is 2.32. The van der Waals surface area contributed by atoms with Crippen molar-refractivity contribution in [2.45, 2.75) is 57.9 Å². The molecule has 0 atom stereocenters. The van der Waals surface area contributed by atoms with E-state index in [0.717, 1.165) is 13.0 Å². The maximum absolute atomic E-state index is 11.4. The molecule has 106 valence electrons. The van der Waals surface area contributed by atoms with E-state index in [1.54, 1.807) is 0 Å². The number of hydrogen-bond donors (Lipinski definition) is 2. The van der Waals surface area contributed by atoms with Gasteiger partial charge in [-0.15, -0.1) is 0 Å². The first-order chi connectivity index (χ1) is 8.83. The SMILES string of the molecule is CCCOCC(=O)NCCNC1CCCCCC1. The molecule has 18 heavy (non-hydrogen) atoms. The highest BCUT2D eigenvalue weighted by Gasteiger charge is 2.10. The minimum absolute atomic E-state index is 0.00823. The van der Waals surface area contributed by atoms with E-state index in [1.807, 2.05) is 6.92 Å². The van der Waals surface area contributed by atoms with Crippen molar-refractivity contribution in [3.63, 3.8) is 0 Å². The van der Waals surface area contributed by atoms with E-state index in [0.29, 0.717) is 19.2 Å². The molecule has 1 fully saturated rings. The molecule has 0 aromatic carbocycles. The Morgan fingerprint density at radius 1 is 1.17 bits per heavy atom. The van der Waals surface area contributed by atoms with E-state index in [9.17, 15) is 4.79 Å². The Hall–Kier alpha value is -0.610. The van der Waals surface area contributed by atoms with Gasteiger partial charge in [0.05, 0.1) is 0 Å². The summed E-state index contributed by atoms with van der Waals surface area (Å²) in [5, 5.41) is 6.40. The van der Waals surface area contributed by atoms with Crippen LogP contribution in [0.25, 0.3) is 0 Å². The Morgan fingerprint density at radius 3 is 2.56 bits per heavy atom. The molecule has 1 saturated carbocycles. The lowest BCUT2D eigenvalue weighted by Crippen LogP contribution is -2.38. The smallest absolute Gasteiger partial charge is 0.246 e. The first-order valence-corrected chi connectivity index (χ1v) is 7.40. The Labute approximate surface area is 111 Å². The van der Waals surface area contributed by atoms with Crippen molar-refractivity contribution in [1.82, 2.24) is 10.6 Å². The van der Waals surface area contributed by atoms with Gasteiger partial charge in [-0.05, 0) is 19.3 Å². The van der Waals surface area contributed by atoms with Gasteiger partial charge in [-0.2, -0.15) is 0 Å². The minimum Gasteiger partial charge on any atom is -0.372 e. The van der Waals surface area contributed by atoms with Gasteiger partial charge in [0.15, 0.2) is 0 Å². The number of amides is 1. The lowest BCUT2D eigenvalue weighted by molar-refractivity contribution is -0.125. The molecule has 0 aromatic heterocycles. The summed E-state index contributed by atoms with van der Waals surface area (Å²) in [6.45, 7) is 4.45. The number of hydrogen-bond acceptors (Lipinski definition) is 3. The van der Waals surface area contributed by atoms with E-state index >= 15 is 0 Å². The van der Waals surface area contributed by atoms with Gasteiger partial charge in [-0.1, -0.05) is 32.6 Å². The molecule has 4 nitrogen and oxygen atoms in total. The average molecular weight is 256 g/mol. The van der Waals surface area contributed by atoms with Gasteiger partial charge in [-0.3, -0.25) is 4.79 Å². The van der Waals surface area contributed by atoms with Crippen LogP contribution in [-0.2, 0) is 9.53 Å². The first kappa shape index (κ1) is 15.4. The second kappa shape index (κ2) is 10.3. The summed E-state index contributed by atoms with van der Waals surface area (Å²) in [6.07, 6.45) is 8.97. The average Bonchev–Trinajstić information content (AvgIpc) is 2.63. The van der Waals surface area contributed by atoms with Gasteiger partial charge in [0.1, 0.15) is 6.61 Å². The molecule has 0 aromatic rings. The summed E-state index contributed by atoms with van der Waals surface area (Å²) in [4.78, 5) is 11.4. The molecule has 0 aliphatic heterocycles. The topological polar surface area (TPSA) is 50.4 Å². The molecule has 1 rings (SSSR count). The van der Waals surface area contributed by atoms with Crippen LogP contribution >= 0.6 is 0 Å². The predicted octanol–water partition coefficient (Wildman–Crippen LogP) is 1.84. The third-order valence-corrected chi connectivity index (χ3v) is 3.32. The van der Waals surface area contributed by atoms with E-state index in [2.05, 4.69) is 10.6 Å². The van der Waals surface area contributed by atoms with Crippen LogP contribution in [0.3, 0.4) is 0 Å². The Bertz CT molecular complexity index is 214. The summed E-state index contributed by atoms with van der Waals surface area (Å²) in [5.41, 5.74) is 0. The predicted molar refractivity (Wildman–Crippen MR) is 73.6 cm³/mol. The fourth-order valence-corrected chi connectivity index (χ4v) is 2.32. The second-order valence-electron chi connectivity index (χ2n) is 5.05. The highest BCUT2D eigenvalue weighted by molar-refractivity contribution is 5.77. The minimum atomic E-state index is -0.00823. The van der Waals surface area contributed by atoms with Gasteiger partial charge in [0.2, 0.25) is 5.91 Å². The largest absolute Gasteiger partial charge is 0.372 e. The zero-order valence-electron chi connectivity index (χ0n) is 11.7. The molecule has 1 aliphatic rings. The maximum atomic E-state index is 11.4. The number of rotatable bonds is 8. The summed E-state index contributed by atoms with van der Waals surface area (Å²) < 4.78 is 5.18. The lowest BCUT2D eigenvalue weighted by atomic mass is 10.1. The number of ether oxygens (including phenoxy) is 1. The zero-order valence-corrected chi connectivity index (χ0v) is 11.7.